The highest BCUT2D eigenvalue weighted by Gasteiger charge is 2.15. The van der Waals surface area contributed by atoms with Gasteiger partial charge in [-0.3, -0.25) is 4.57 Å². The lowest BCUT2D eigenvalue weighted by atomic mass is 10.1. The molecule has 0 aliphatic rings. The van der Waals surface area contributed by atoms with Crippen LogP contribution in [0.2, 0.25) is 0 Å². The normalized spacial score (nSPS) is 11.4. The Morgan fingerprint density at radius 2 is 1.49 bits per heavy atom. The van der Waals surface area contributed by atoms with Crippen LogP contribution < -0.4 is 4.74 Å². The second-order valence-electron chi connectivity index (χ2n) is 8.90. The standard InChI is InChI=1S/C32H21N3O2/c36-29-12-6-9-22-13-16-31(34-32(22)29)37-24-14-15-26-25-10-4-5-11-27(25)35(28(26)20-24)30-19-23(17-18-33-30)21-7-2-1-3-8-21/h1-20,36H. The topological polar surface area (TPSA) is 60.2 Å². The van der Waals surface area contributed by atoms with Crippen molar-refractivity contribution in [3.05, 3.63) is 121 Å². The molecule has 0 saturated heterocycles. The number of pyridine rings is 2. The minimum absolute atomic E-state index is 0.128. The van der Waals surface area contributed by atoms with Crippen molar-refractivity contribution in [2.24, 2.45) is 0 Å². The van der Waals surface area contributed by atoms with Crippen LogP contribution in [0.3, 0.4) is 0 Å². The van der Waals surface area contributed by atoms with Crippen molar-refractivity contribution in [1.82, 2.24) is 14.5 Å². The number of rotatable bonds is 4. The van der Waals surface area contributed by atoms with E-state index in [1.807, 2.05) is 66.9 Å². The molecule has 1 N–H and O–H groups in total. The summed E-state index contributed by atoms with van der Waals surface area (Å²) in [6, 6.07) is 37.9. The summed E-state index contributed by atoms with van der Waals surface area (Å²) in [5.74, 6) is 2.03. The molecule has 7 rings (SSSR count). The lowest BCUT2D eigenvalue weighted by molar-refractivity contribution is 0.460. The Balaban J connectivity index is 1.38. The van der Waals surface area contributed by atoms with Gasteiger partial charge in [-0.15, -0.1) is 0 Å². The molecule has 37 heavy (non-hydrogen) atoms. The number of nitrogens with zero attached hydrogens (tertiary/aromatic N) is 3. The van der Waals surface area contributed by atoms with Crippen LogP contribution >= 0.6 is 0 Å². The summed E-state index contributed by atoms with van der Waals surface area (Å²) in [5, 5.41) is 13.3. The molecule has 5 heteroatoms. The second-order valence-corrected chi connectivity index (χ2v) is 8.90. The maximum atomic E-state index is 10.2. The van der Waals surface area contributed by atoms with Crippen molar-refractivity contribution >= 4 is 32.7 Å². The number of phenolic OH excluding ortho intramolecular Hbond substituents is 1. The molecule has 0 radical (unpaired) electrons. The SMILES string of the molecule is Oc1cccc2ccc(Oc3ccc4c5ccccc5n(-c5cc(-c6ccccc6)ccn5)c4c3)nc12. The third kappa shape index (κ3) is 3.65. The molecular weight excluding hydrogens is 458 g/mol. The van der Waals surface area contributed by atoms with Crippen LogP contribution in [0.15, 0.2) is 121 Å². The lowest BCUT2D eigenvalue weighted by Gasteiger charge is -2.10. The number of aromatic nitrogens is 3. The van der Waals surface area contributed by atoms with Crippen LogP contribution in [-0.2, 0) is 0 Å². The van der Waals surface area contributed by atoms with Gasteiger partial charge in [-0.1, -0.05) is 60.7 Å². The van der Waals surface area contributed by atoms with Crippen LogP contribution in [0.5, 0.6) is 17.4 Å². The van der Waals surface area contributed by atoms with Gasteiger partial charge in [-0.25, -0.2) is 9.97 Å². The molecule has 0 bridgehead atoms. The van der Waals surface area contributed by atoms with Crippen LogP contribution in [0, 0.1) is 0 Å². The average Bonchev–Trinajstić information content (AvgIpc) is 3.28. The fourth-order valence-electron chi connectivity index (χ4n) is 4.90. The fourth-order valence-corrected chi connectivity index (χ4v) is 4.90. The summed E-state index contributed by atoms with van der Waals surface area (Å²) < 4.78 is 8.34. The molecule has 5 nitrogen and oxygen atoms in total. The van der Waals surface area contributed by atoms with Crippen molar-refractivity contribution in [1.29, 1.82) is 0 Å². The molecule has 0 spiro atoms. The van der Waals surface area contributed by atoms with E-state index in [9.17, 15) is 5.11 Å². The number of hydrogen-bond acceptors (Lipinski definition) is 4. The summed E-state index contributed by atoms with van der Waals surface area (Å²) >= 11 is 0. The zero-order valence-electron chi connectivity index (χ0n) is 19.7. The fraction of sp³-hybridized carbons (Fsp3) is 0. The van der Waals surface area contributed by atoms with Crippen molar-refractivity contribution in [2.45, 2.75) is 0 Å². The Morgan fingerprint density at radius 3 is 2.41 bits per heavy atom. The first-order valence-electron chi connectivity index (χ1n) is 12.1. The number of hydrogen-bond donors (Lipinski definition) is 1. The van der Waals surface area contributed by atoms with E-state index in [2.05, 4.69) is 52.0 Å². The summed E-state index contributed by atoms with van der Waals surface area (Å²) in [5.41, 5.74) is 4.81. The first-order valence-corrected chi connectivity index (χ1v) is 12.1. The molecule has 176 valence electrons. The second kappa shape index (κ2) is 8.50. The highest BCUT2D eigenvalue weighted by Crippen LogP contribution is 2.36. The molecule has 3 aromatic heterocycles. The molecular formula is C32H21N3O2. The predicted octanol–water partition coefficient (Wildman–Crippen LogP) is 7.89. The molecule has 4 aromatic carbocycles. The minimum Gasteiger partial charge on any atom is -0.506 e. The minimum atomic E-state index is 0.128. The average molecular weight is 480 g/mol. The number of ether oxygens (including phenoxy) is 1. The van der Waals surface area contributed by atoms with E-state index in [0.717, 1.165) is 44.1 Å². The van der Waals surface area contributed by atoms with Crippen molar-refractivity contribution < 1.29 is 9.84 Å². The highest BCUT2D eigenvalue weighted by atomic mass is 16.5. The molecule has 0 amide bonds. The zero-order valence-corrected chi connectivity index (χ0v) is 19.7. The summed E-state index contributed by atoms with van der Waals surface area (Å²) in [6.45, 7) is 0. The van der Waals surface area contributed by atoms with E-state index in [0.29, 0.717) is 17.1 Å². The molecule has 0 aliphatic carbocycles. The number of para-hydroxylation sites is 2. The Morgan fingerprint density at radius 1 is 0.649 bits per heavy atom. The van der Waals surface area contributed by atoms with E-state index in [1.165, 1.54) is 0 Å². The third-order valence-electron chi connectivity index (χ3n) is 6.62. The van der Waals surface area contributed by atoms with Gasteiger partial charge in [0.1, 0.15) is 22.8 Å². The summed E-state index contributed by atoms with van der Waals surface area (Å²) in [4.78, 5) is 9.27. The van der Waals surface area contributed by atoms with Crippen LogP contribution in [-0.4, -0.2) is 19.6 Å². The van der Waals surface area contributed by atoms with Crippen LogP contribution in [0.4, 0.5) is 0 Å². The van der Waals surface area contributed by atoms with E-state index in [4.69, 9.17) is 9.72 Å². The highest BCUT2D eigenvalue weighted by molar-refractivity contribution is 6.09. The van der Waals surface area contributed by atoms with E-state index >= 15 is 0 Å². The quantitative estimate of drug-likeness (QED) is 0.279. The van der Waals surface area contributed by atoms with Gasteiger partial charge in [0.15, 0.2) is 0 Å². The number of fused-ring (bicyclic) bond motifs is 4. The van der Waals surface area contributed by atoms with Gasteiger partial charge < -0.3 is 9.84 Å². The molecule has 0 unspecified atom stereocenters. The maximum absolute atomic E-state index is 10.2. The van der Waals surface area contributed by atoms with Gasteiger partial charge in [0, 0.05) is 34.5 Å². The molecule has 0 fully saturated rings. The number of benzene rings is 4. The molecule has 0 saturated carbocycles. The molecule has 0 atom stereocenters. The first-order chi connectivity index (χ1) is 18.2. The van der Waals surface area contributed by atoms with E-state index < -0.39 is 0 Å². The zero-order chi connectivity index (χ0) is 24.8. The van der Waals surface area contributed by atoms with Crippen molar-refractivity contribution in [2.75, 3.05) is 0 Å². The van der Waals surface area contributed by atoms with Gasteiger partial charge in [0.25, 0.3) is 0 Å². The van der Waals surface area contributed by atoms with E-state index in [1.54, 1.807) is 12.1 Å². The Bertz CT molecular complexity index is 1930. The molecule has 3 heterocycles. The van der Waals surface area contributed by atoms with Crippen molar-refractivity contribution in [3.63, 3.8) is 0 Å². The monoisotopic (exact) mass is 479 g/mol. The number of phenols is 1. The maximum Gasteiger partial charge on any atom is 0.219 e. The Kier molecular flexibility index (Phi) is 4.86. The van der Waals surface area contributed by atoms with E-state index in [-0.39, 0.29) is 5.75 Å². The Hall–Kier alpha value is -5.16. The lowest BCUT2D eigenvalue weighted by Crippen LogP contribution is -1.98. The van der Waals surface area contributed by atoms with Gasteiger partial charge in [0.2, 0.25) is 5.88 Å². The Labute approximate surface area is 212 Å². The smallest absolute Gasteiger partial charge is 0.219 e. The van der Waals surface area contributed by atoms with Crippen LogP contribution in [0.1, 0.15) is 0 Å². The summed E-state index contributed by atoms with van der Waals surface area (Å²) in [6.07, 6.45) is 1.85. The van der Waals surface area contributed by atoms with Gasteiger partial charge in [-0.05, 0) is 53.6 Å². The molecule has 0 aliphatic heterocycles. The molecule has 7 aromatic rings. The number of aromatic hydroxyl groups is 1. The van der Waals surface area contributed by atoms with Crippen LogP contribution in [0.25, 0.3) is 49.7 Å². The largest absolute Gasteiger partial charge is 0.506 e. The van der Waals surface area contributed by atoms with Crippen molar-refractivity contribution in [3.8, 4) is 34.3 Å². The van der Waals surface area contributed by atoms with Gasteiger partial charge >= 0.3 is 0 Å². The van der Waals surface area contributed by atoms with Gasteiger partial charge in [0.05, 0.1) is 11.0 Å². The first kappa shape index (κ1) is 21.1. The predicted molar refractivity (Wildman–Crippen MR) is 147 cm³/mol. The van der Waals surface area contributed by atoms with Gasteiger partial charge in [-0.2, -0.15) is 0 Å². The third-order valence-corrected chi connectivity index (χ3v) is 6.62. The summed E-state index contributed by atoms with van der Waals surface area (Å²) in [7, 11) is 0.